The fourth-order valence-electron chi connectivity index (χ4n) is 3.21. The predicted molar refractivity (Wildman–Crippen MR) is 110 cm³/mol. The van der Waals surface area contributed by atoms with Crippen LogP contribution in [0.15, 0.2) is 60.0 Å². The van der Waals surface area contributed by atoms with Gasteiger partial charge in [-0.25, -0.2) is 4.98 Å². The number of rotatable bonds is 4. The number of hydrogen-bond donors (Lipinski definition) is 0. The number of amides is 1. The summed E-state index contributed by atoms with van der Waals surface area (Å²) in [5, 5.41) is 3.86. The smallest absolute Gasteiger partial charge is 0.253 e. The van der Waals surface area contributed by atoms with Crippen molar-refractivity contribution in [2.75, 3.05) is 26.2 Å². The Hall–Kier alpha value is -2.21. The third-order valence-electron chi connectivity index (χ3n) is 4.71. The number of thiazole rings is 1. The van der Waals surface area contributed by atoms with Gasteiger partial charge in [0.25, 0.3) is 5.91 Å². The Kier molecular flexibility index (Phi) is 5.53. The Morgan fingerprint density at radius 1 is 1.00 bits per heavy atom. The first kappa shape index (κ1) is 18.2. The van der Waals surface area contributed by atoms with Gasteiger partial charge in [-0.2, -0.15) is 0 Å². The van der Waals surface area contributed by atoms with Crippen molar-refractivity contribution in [2.24, 2.45) is 0 Å². The maximum atomic E-state index is 12.5. The third-order valence-corrected chi connectivity index (χ3v) is 5.90. The molecule has 1 amide bonds. The molecule has 27 heavy (non-hydrogen) atoms. The van der Waals surface area contributed by atoms with Crippen molar-refractivity contribution in [3.05, 3.63) is 76.3 Å². The second-order valence-corrected chi connectivity index (χ2v) is 7.88. The van der Waals surface area contributed by atoms with Gasteiger partial charge >= 0.3 is 0 Å². The fourth-order valence-corrected chi connectivity index (χ4v) is 4.15. The molecule has 0 N–H and O–H groups in total. The van der Waals surface area contributed by atoms with Crippen molar-refractivity contribution in [2.45, 2.75) is 6.54 Å². The van der Waals surface area contributed by atoms with Crippen LogP contribution in [0, 0.1) is 0 Å². The minimum Gasteiger partial charge on any atom is -0.336 e. The monoisotopic (exact) mass is 397 g/mol. The van der Waals surface area contributed by atoms with Crippen molar-refractivity contribution < 1.29 is 4.79 Å². The van der Waals surface area contributed by atoms with E-state index >= 15 is 0 Å². The molecular formula is C21H20ClN3OS. The van der Waals surface area contributed by atoms with Crippen LogP contribution >= 0.6 is 22.9 Å². The standard InChI is InChI=1S/C21H20ClN3OS/c22-18-8-6-16(7-9-18)20-23-19(15-27-20)14-24-10-12-25(13-11-24)21(26)17-4-2-1-3-5-17/h1-9,15H,10-14H2. The summed E-state index contributed by atoms with van der Waals surface area (Å²) in [7, 11) is 0. The van der Waals surface area contributed by atoms with Gasteiger partial charge in [0.1, 0.15) is 5.01 Å². The molecule has 0 bridgehead atoms. The second-order valence-electron chi connectivity index (χ2n) is 6.59. The van der Waals surface area contributed by atoms with Crippen LogP contribution in [0.1, 0.15) is 16.1 Å². The number of nitrogens with zero attached hydrogens (tertiary/aromatic N) is 3. The molecule has 1 aliphatic rings. The van der Waals surface area contributed by atoms with Gasteiger partial charge in [0, 0.05) is 54.3 Å². The van der Waals surface area contributed by atoms with Crippen molar-refractivity contribution in [3.8, 4) is 10.6 Å². The van der Waals surface area contributed by atoms with Crippen molar-refractivity contribution in [1.29, 1.82) is 0 Å². The fraction of sp³-hybridized carbons (Fsp3) is 0.238. The molecule has 2 heterocycles. The van der Waals surface area contributed by atoms with Gasteiger partial charge in [0.05, 0.1) is 5.69 Å². The van der Waals surface area contributed by atoms with Crippen LogP contribution in [0.4, 0.5) is 0 Å². The highest BCUT2D eigenvalue weighted by Crippen LogP contribution is 2.25. The zero-order valence-electron chi connectivity index (χ0n) is 14.8. The Labute approximate surface area is 168 Å². The molecule has 0 radical (unpaired) electrons. The van der Waals surface area contributed by atoms with Crippen LogP contribution in [0.25, 0.3) is 10.6 Å². The van der Waals surface area contributed by atoms with E-state index in [1.165, 1.54) is 0 Å². The van der Waals surface area contributed by atoms with E-state index in [4.69, 9.17) is 16.6 Å². The highest BCUT2D eigenvalue weighted by atomic mass is 35.5. The molecule has 1 fully saturated rings. The van der Waals surface area contributed by atoms with Gasteiger partial charge in [-0.15, -0.1) is 11.3 Å². The topological polar surface area (TPSA) is 36.4 Å². The molecule has 0 unspecified atom stereocenters. The molecule has 6 heteroatoms. The van der Waals surface area contributed by atoms with Gasteiger partial charge in [0.2, 0.25) is 0 Å². The molecule has 4 rings (SSSR count). The number of hydrogen-bond acceptors (Lipinski definition) is 4. The molecule has 3 aromatic rings. The number of piperazine rings is 1. The Morgan fingerprint density at radius 3 is 2.41 bits per heavy atom. The van der Waals surface area contributed by atoms with E-state index in [1.54, 1.807) is 11.3 Å². The van der Waals surface area contributed by atoms with Gasteiger partial charge in [0.15, 0.2) is 0 Å². The molecule has 0 spiro atoms. The van der Waals surface area contributed by atoms with Crippen LogP contribution in [0.5, 0.6) is 0 Å². The zero-order valence-corrected chi connectivity index (χ0v) is 16.4. The van der Waals surface area contributed by atoms with Crippen LogP contribution in [0.2, 0.25) is 5.02 Å². The Bertz CT molecular complexity index is 903. The third kappa shape index (κ3) is 4.38. The van der Waals surface area contributed by atoms with Crippen LogP contribution in [0.3, 0.4) is 0 Å². The number of aromatic nitrogens is 1. The Balaban J connectivity index is 1.33. The molecule has 138 valence electrons. The maximum absolute atomic E-state index is 12.5. The molecule has 4 nitrogen and oxygen atoms in total. The van der Waals surface area contributed by atoms with Crippen LogP contribution < -0.4 is 0 Å². The van der Waals surface area contributed by atoms with Crippen LogP contribution in [-0.4, -0.2) is 46.9 Å². The van der Waals surface area contributed by atoms with Crippen molar-refractivity contribution in [1.82, 2.24) is 14.8 Å². The van der Waals surface area contributed by atoms with Crippen LogP contribution in [-0.2, 0) is 6.54 Å². The lowest BCUT2D eigenvalue weighted by Crippen LogP contribution is -2.48. The summed E-state index contributed by atoms with van der Waals surface area (Å²) in [6.07, 6.45) is 0. The predicted octanol–water partition coefficient (Wildman–Crippen LogP) is 4.42. The van der Waals surface area contributed by atoms with Gasteiger partial charge in [-0.05, 0) is 24.3 Å². The Morgan fingerprint density at radius 2 is 1.70 bits per heavy atom. The molecular weight excluding hydrogens is 378 g/mol. The van der Waals surface area contributed by atoms with E-state index in [1.807, 2.05) is 59.5 Å². The maximum Gasteiger partial charge on any atom is 0.253 e. The van der Waals surface area contributed by atoms with E-state index in [-0.39, 0.29) is 5.91 Å². The van der Waals surface area contributed by atoms with Crippen molar-refractivity contribution in [3.63, 3.8) is 0 Å². The number of benzene rings is 2. The first-order valence-corrected chi connectivity index (χ1v) is 10.2. The summed E-state index contributed by atoms with van der Waals surface area (Å²) in [4.78, 5) is 21.6. The number of carbonyl (C=O) groups is 1. The highest BCUT2D eigenvalue weighted by Gasteiger charge is 2.22. The lowest BCUT2D eigenvalue weighted by Gasteiger charge is -2.34. The number of carbonyl (C=O) groups excluding carboxylic acids is 1. The zero-order chi connectivity index (χ0) is 18.6. The summed E-state index contributed by atoms with van der Waals surface area (Å²) in [5.74, 6) is 0.119. The molecule has 1 saturated heterocycles. The lowest BCUT2D eigenvalue weighted by atomic mass is 10.2. The first-order chi connectivity index (χ1) is 13.2. The van der Waals surface area contributed by atoms with E-state index in [0.717, 1.165) is 59.6 Å². The molecule has 0 saturated carbocycles. The van der Waals surface area contributed by atoms with E-state index in [9.17, 15) is 4.79 Å². The summed E-state index contributed by atoms with van der Waals surface area (Å²) < 4.78 is 0. The second kappa shape index (κ2) is 8.21. The molecule has 1 aliphatic heterocycles. The minimum absolute atomic E-state index is 0.119. The van der Waals surface area contributed by atoms with E-state index < -0.39 is 0 Å². The van der Waals surface area contributed by atoms with E-state index in [0.29, 0.717) is 0 Å². The van der Waals surface area contributed by atoms with Gasteiger partial charge in [-0.1, -0.05) is 41.9 Å². The average molecular weight is 398 g/mol. The summed E-state index contributed by atoms with van der Waals surface area (Å²) >= 11 is 7.61. The molecule has 2 aromatic carbocycles. The lowest BCUT2D eigenvalue weighted by molar-refractivity contribution is 0.0627. The molecule has 0 atom stereocenters. The number of halogens is 1. The van der Waals surface area contributed by atoms with Gasteiger partial charge < -0.3 is 4.90 Å². The molecule has 1 aromatic heterocycles. The average Bonchev–Trinajstić information content (AvgIpc) is 3.18. The summed E-state index contributed by atoms with van der Waals surface area (Å²) in [6, 6.07) is 17.3. The SMILES string of the molecule is O=C(c1ccccc1)N1CCN(Cc2csc(-c3ccc(Cl)cc3)n2)CC1. The van der Waals surface area contributed by atoms with Gasteiger partial charge in [-0.3, -0.25) is 9.69 Å². The quantitative estimate of drug-likeness (QED) is 0.653. The minimum atomic E-state index is 0.119. The van der Waals surface area contributed by atoms with E-state index in [2.05, 4.69) is 10.3 Å². The molecule has 0 aliphatic carbocycles. The summed E-state index contributed by atoms with van der Waals surface area (Å²) in [6.45, 7) is 4.06. The normalized spacial score (nSPS) is 15.1. The first-order valence-electron chi connectivity index (χ1n) is 8.96. The highest BCUT2D eigenvalue weighted by molar-refractivity contribution is 7.13. The van der Waals surface area contributed by atoms with Crippen molar-refractivity contribution >= 4 is 28.8 Å². The largest absolute Gasteiger partial charge is 0.336 e. The summed E-state index contributed by atoms with van der Waals surface area (Å²) in [5.41, 5.74) is 2.93.